The van der Waals surface area contributed by atoms with Crippen molar-refractivity contribution in [2.24, 2.45) is 10.7 Å². The summed E-state index contributed by atoms with van der Waals surface area (Å²) < 4.78 is 16.7. The van der Waals surface area contributed by atoms with Crippen LogP contribution in [0.3, 0.4) is 0 Å². The van der Waals surface area contributed by atoms with Gasteiger partial charge in [-0.15, -0.1) is 0 Å². The summed E-state index contributed by atoms with van der Waals surface area (Å²) in [6.07, 6.45) is 2.36. The monoisotopic (exact) mass is 524 g/mol. The number of nitrogen functional groups attached to an aromatic ring is 1. The highest BCUT2D eigenvalue weighted by Gasteiger charge is 2.24. The lowest BCUT2D eigenvalue weighted by molar-refractivity contribution is -0.127. The topological polar surface area (TPSA) is 160 Å². The summed E-state index contributed by atoms with van der Waals surface area (Å²) in [5.74, 6) is -0.00636. The zero-order chi connectivity index (χ0) is 28.1. The molecule has 0 aromatic heterocycles. The van der Waals surface area contributed by atoms with Crippen LogP contribution in [0.5, 0.6) is 11.5 Å². The Morgan fingerprint density at radius 1 is 1.08 bits per heavy atom. The number of nitrogens with one attached hydrogen (secondary N) is 4. The van der Waals surface area contributed by atoms with Gasteiger partial charge in [0.2, 0.25) is 5.90 Å². The Labute approximate surface area is 222 Å². The average Bonchev–Trinajstić information content (AvgIpc) is 2.92. The predicted molar refractivity (Wildman–Crippen MR) is 148 cm³/mol. The third kappa shape index (κ3) is 7.99. The van der Waals surface area contributed by atoms with Gasteiger partial charge in [-0.05, 0) is 62.2 Å². The van der Waals surface area contributed by atoms with E-state index in [1.54, 1.807) is 49.4 Å². The Morgan fingerprint density at radius 2 is 1.79 bits per heavy atom. The van der Waals surface area contributed by atoms with Crippen molar-refractivity contribution in [1.29, 1.82) is 5.41 Å². The van der Waals surface area contributed by atoms with Gasteiger partial charge in [0, 0.05) is 18.3 Å². The fourth-order valence-electron chi connectivity index (χ4n) is 3.45. The Hall–Kier alpha value is -4.54. The van der Waals surface area contributed by atoms with Crippen molar-refractivity contribution in [3.8, 4) is 11.5 Å². The first-order valence-corrected chi connectivity index (χ1v) is 12.2. The van der Waals surface area contributed by atoms with Crippen molar-refractivity contribution >= 4 is 29.2 Å². The van der Waals surface area contributed by atoms with Gasteiger partial charge in [-0.2, -0.15) is 0 Å². The molecule has 11 nitrogen and oxygen atoms in total. The number of nitrogens with two attached hydrogens (primary N) is 1. The highest BCUT2D eigenvalue weighted by Crippen LogP contribution is 2.32. The van der Waals surface area contributed by atoms with Gasteiger partial charge in [-0.3, -0.25) is 30.8 Å². The van der Waals surface area contributed by atoms with Gasteiger partial charge in [-0.1, -0.05) is 19.1 Å². The van der Waals surface area contributed by atoms with E-state index in [1.165, 1.54) is 20.2 Å². The lowest BCUT2D eigenvalue weighted by Crippen LogP contribution is -2.46. The van der Waals surface area contributed by atoms with E-state index in [4.69, 9.17) is 25.4 Å². The lowest BCUT2D eigenvalue weighted by atomic mass is 10.0. The summed E-state index contributed by atoms with van der Waals surface area (Å²) in [4.78, 5) is 30.0. The number of hydrogen-bond donors (Lipinski definition) is 5. The molecule has 6 N–H and O–H groups in total. The minimum atomic E-state index is -0.936. The van der Waals surface area contributed by atoms with E-state index in [9.17, 15) is 9.59 Å². The molecule has 0 saturated carbocycles. The fourth-order valence-corrected chi connectivity index (χ4v) is 3.45. The highest BCUT2D eigenvalue weighted by molar-refractivity contribution is 6.18. The maximum Gasteiger partial charge on any atom is 0.274 e. The first-order valence-electron chi connectivity index (χ1n) is 12.2. The molecule has 0 fully saturated rings. The number of amidine groups is 1. The minimum absolute atomic E-state index is 0.0663. The molecule has 204 valence electrons. The number of allylic oxidation sites excluding steroid dienone is 1. The maximum atomic E-state index is 13.4. The Bertz CT molecular complexity index is 1180. The van der Waals surface area contributed by atoms with E-state index in [1.807, 2.05) is 13.8 Å². The molecule has 0 aliphatic rings. The number of amides is 2. The normalized spacial score (nSPS) is 12.2. The molecule has 0 radical (unpaired) electrons. The fraction of sp³-hybridized carbons (Fsp3) is 0.333. The molecule has 11 heteroatoms. The number of nitrogens with zero attached hydrogens (tertiary/aromatic N) is 1. The smallest absolute Gasteiger partial charge is 0.274 e. The zero-order valence-corrected chi connectivity index (χ0v) is 22.4. The molecule has 0 aliphatic carbocycles. The molecular weight excluding hydrogens is 488 g/mol. The number of carbonyl (C=O) groups excluding carboxylic acids is 2. The van der Waals surface area contributed by atoms with E-state index in [-0.39, 0.29) is 17.3 Å². The van der Waals surface area contributed by atoms with Crippen molar-refractivity contribution in [3.05, 3.63) is 65.2 Å². The summed E-state index contributed by atoms with van der Waals surface area (Å²) in [6.45, 7) is 6.45. The molecule has 0 aliphatic heterocycles. The largest absolute Gasteiger partial charge is 0.490 e. The van der Waals surface area contributed by atoms with E-state index in [0.29, 0.717) is 41.5 Å². The van der Waals surface area contributed by atoms with Crippen LogP contribution < -0.4 is 31.4 Å². The Morgan fingerprint density at radius 3 is 2.34 bits per heavy atom. The Kier molecular flexibility index (Phi) is 11.6. The van der Waals surface area contributed by atoms with Crippen molar-refractivity contribution in [2.75, 3.05) is 32.7 Å². The van der Waals surface area contributed by atoms with Gasteiger partial charge >= 0.3 is 0 Å². The van der Waals surface area contributed by atoms with Crippen molar-refractivity contribution in [3.63, 3.8) is 0 Å². The van der Waals surface area contributed by atoms with Gasteiger partial charge in [0.25, 0.3) is 11.8 Å². The van der Waals surface area contributed by atoms with E-state index in [2.05, 4.69) is 21.2 Å². The molecule has 0 bridgehead atoms. The van der Waals surface area contributed by atoms with Crippen molar-refractivity contribution in [1.82, 2.24) is 10.9 Å². The van der Waals surface area contributed by atoms with Gasteiger partial charge in [0.15, 0.2) is 11.5 Å². The molecule has 0 spiro atoms. The quantitative estimate of drug-likeness (QED) is 0.123. The first-order chi connectivity index (χ1) is 18.3. The molecule has 2 aromatic carbocycles. The molecule has 0 saturated heterocycles. The third-order valence-corrected chi connectivity index (χ3v) is 5.29. The lowest BCUT2D eigenvalue weighted by Gasteiger charge is -2.22. The van der Waals surface area contributed by atoms with E-state index >= 15 is 0 Å². The summed E-state index contributed by atoms with van der Waals surface area (Å²) >= 11 is 0. The van der Waals surface area contributed by atoms with Gasteiger partial charge in [0.05, 0.1) is 25.9 Å². The van der Waals surface area contributed by atoms with Gasteiger partial charge in [0.1, 0.15) is 11.9 Å². The summed E-state index contributed by atoms with van der Waals surface area (Å²) in [6, 6.07) is 11.0. The van der Waals surface area contributed by atoms with Crippen LogP contribution in [0.4, 0.5) is 5.69 Å². The number of rotatable bonds is 12. The van der Waals surface area contributed by atoms with Crippen molar-refractivity contribution in [2.45, 2.75) is 33.2 Å². The molecular formula is C27H36N6O5. The number of anilines is 1. The van der Waals surface area contributed by atoms with Crippen LogP contribution in [0.2, 0.25) is 0 Å². The average molecular weight is 525 g/mol. The highest BCUT2D eigenvalue weighted by atomic mass is 16.5. The molecule has 0 heterocycles. The van der Waals surface area contributed by atoms with Gasteiger partial charge < -0.3 is 25.3 Å². The molecule has 2 aromatic rings. The Balaban J connectivity index is 2.37. The molecule has 2 rings (SSSR count). The molecule has 1 atom stereocenters. The van der Waals surface area contributed by atoms with Crippen LogP contribution in [-0.4, -0.2) is 50.9 Å². The zero-order valence-electron chi connectivity index (χ0n) is 22.4. The standard InChI is InChI=1S/C27H36N6O5/c1-6-15-38-21-14-11-18(16-22(21)37-8-3)23(31-19-12-9-17(10-13-19)24(28)29)26(35)33-32-25(34)20(7-2)27(30-4)36-5/h7,9-14,16,23,31H,6,8,15H2,1-5H3,(H3,28,29)(H,32,34)(H,33,35)/b20-7-,30-27?. The number of ether oxygens (including phenoxy) is 3. The number of hydrogen-bond acceptors (Lipinski definition) is 8. The van der Waals surface area contributed by atoms with Crippen LogP contribution in [0.15, 0.2) is 59.1 Å². The summed E-state index contributed by atoms with van der Waals surface area (Å²) in [5, 5.41) is 10.8. The summed E-state index contributed by atoms with van der Waals surface area (Å²) in [5.41, 5.74) is 12.3. The second kappa shape index (κ2) is 14.9. The molecule has 2 amide bonds. The van der Waals surface area contributed by atoms with E-state index < -0.39 is 17.9 Å². The second-order valence-electron chi connectivity index (χ2n) is 7.93. The van der Waals surface area contributed by atoms with Crippen LogP contribution in [0.1, 0.15) is 44.4 Å². The predicted octanol–water partition coefficient (Wildman–Crippen LogP) is 3.08. The number of aliphatic imine (C=N–C) groups is 1. The minimum Gasteiger partial charge on any atom is -0.490 e. The number of hydrazine groups is 1. The maximum absolute atomic E-state index is 13.4. The van der Waals surface area contributed by atoms with Crippen LogP contribution in [-0.2, 0) is 14.3 Å². The SMILES string of the molecule is C/C=C(/C(=O)NNC(=O)C(Nc1ccc(C(=N)N)cc1)c1ccc(OCCC)c(OCC)c1)C(=NC)OC. The number of carbonyl (C=O) groups is 2. The third-order valence-electron chi connectivity index (χ3n) is 5.29. The van der Waals surface area contributed by atoms with Crippen LogP contribution >= 0.6 is 0 Å². The molecule has 1 unspecified atom stereocenters. The van der Waals surface area contributed by atoms with Crippen LogP contribution in [0, 0.1) is 5.41 Å². The summed E-state index contributed by atoms with van der Waals surface area (Å²) in [7, 11) is 2.90. The van der Waals surface area contributed by atoms with E-state index in [0.717, 1.165) is 6.42 Å². The number of methoxy groups -OCH3 is 1. The second-order valence-corrected chi connectivity index (χ2v) is 7.93. The van der Waals surface area contributed by atoms with Gasteiger partial charge in [-0.25, -0.2) is 0 Å². The number of benzene rings is 2. The first kappa shape index (κ1) is 29.7. The van der Waals surface area contributed by atoms with Crippen LogP contribution in [0.25, 0.3) is 0 Å². The van der Waals surface area contributed by atoms with Crippen molar-refractivity contribution < 1.29 is 23.8 Å². The molecule has 38 heavy (non-hydrogen) atoms.